The summed E-state index contributed by atoms with van der Waals surface area (Å²) < 4.78 is 5.42. The molecule has 130 valence electrons. The third-order valence-electron chi connectivity index (χ3n) is 4.84. The molecule has 1 aromatic carbocycles. The molecule has 0 bridgehead atoms. The normalized spacial score (nSPS) is 19.2. The Labute approximate surface area is 149 Å². The van der Waals surface area contributed by atoms with E-state index in [-0.39, 0.29) is 12.4 Å². The Hall–Kier alpha value is -1.43. The molecule has 1 aliphatic carbocycles. The van der Waals surface area contributed by atoms with Crippen molar-refractivity contribution in [3.63, 3.8) is 0 Å². The van der Waals surface area contributed by atoms with Crippen LogP contribution in [0.2, 0.25) is 0 Å². The second-order valence-corrected chi connectivity index (χ2v) is 6.78. The molecule has 2 fully saturated rings. The maximum Gasteiger partial charge on any atom is 0.241 e. The predicted octanol–water partition coefficient (Wildman–Crippen LogP) is 3.12. The van der Waals surface area contributed by atoms with Gasteiger partial charge in [0.05, 0.1) is 6.54 Å². The van der Waals surface area contributed by atoms with Crippen molar-refractivity contribution in [1.82, 2.24) is 20.4 Å². The summed E-state index contributed by atoms with van der Waals surface area (Å²) in [5, 5.41) is 7.81. The van der Waals surface area contributed by atoms with E-state index in [4.69, 9.17) is 4.52 Å². The lowest BCUT2D eigenvalue weighted by Gasteiger charge is -2.31. The van der Waals surface area contributed by atoms with E-state index in [1.54, 1.807) is 0 Å². The Morgan fingerprint density at radius 2 is 1.83 bits per heavy atom. The third kappa shape index (κ3) is 4.56. The highest BCUT2D eigenvalue weighted by molar-refractivity contribution is 5.85. The minimum Gasteiger partial charge on any atom is -0.338 e. The SMILES string of the molecule is Cl.c1ccc(-c2noc(CN3CCC(NCC4CC4)CC3)n2)cc1. The second-order valence-electron chi connectivity index (χ2n) is 6.78. The zero-order valence-corrected chi connectivity index (χ0v) is 14.7. The van der Waals surface area contributed by atoms with Crippen LogP contribution < -0.4 is 5.32 Å². The molecule has 24 heavy (non-hydrogen) atoms. The van der Waals surface area contributed by atoms with Gasteiger partial charge >= 0.3 is 0 Å². The number of hydrogen-bond donors (Lipinski definition) is 1. The summed E-state index contributed by atoms with van der Waals surface area (Å²) in [6, 6.07) is 10.7. The average Bonchev–Trinajstić information content (AvgIpc) is 3.32. The van der Waals surface area contributed by atoms with E-state index in [0.29, 0.717) is 17.8 Å². The van der Waals surface area contributed by atoms with Gasteiger partial charge in [-0.15, -0.1) is 12.4 Å². The number of hydrogen-bond acceptors (Lipinski definition) is 5. The fourth-order valence-electron chi connectivity index (χ4n) is 3.17. The molecule has 1 aliphatic heterocycles. The number of rotatable bonds is 6. The highest BCUT2D eigenvalue weighted by atomic mass is 35.5. The van der Waals surface area contributed by atoms with Crippen molar-refractivity contribution in [2.45, 2.75) is 38.3 Å². The maximum atomic E-state index is 5.42. The largest absolute Gasteiger partial charge is 0.338 e. The summed E-state index contributed by atoms with van der Waals surface area (Å²) in [5.74, 6) is 2.36. The van der Waals surface area contributed by atoms with Gasteiger partial charge in [-0.1, -0.05) is 35.5 Å². The first-order valence-corrected chi connectivity index (χ1v) is 8.70. The maximum absolute atomic E-state index is 5.42. The lowest BCUT2D eigenvalue weighted by molar-refractivity contribution is 0.170. The Morgan fingerprint density at radius 3 is 2.54 bits per heavy atom. The molecule has 2 aliphatic rings. The number of benzene rings is 1. The lowest BCUT2D eigenvalue weighted by Crippen LogP contribution is -2.42. The molecular formula is C18H25ClN4O. The van der Waals surface area contributed by atoms with Crippen LogP contribution in [0.5, 0.6) is 0 Å². The molecule has 0 spiro atoms. The highest BCUT2D eigenvalue weighted by Crippen LogP contribution is 2.28. The molecule has 0 unspecified atom stereocenters. The minimum absolute atomic E-state index is 0. The smallest absolute Gasteiger partial charge is 0.241 e. The number of piperidine rings is 1. The zero-order chi connectivity index (χ0) is 15.5. The molecule has 0 amide bonds. The van der Waals surface area contributed by atoms with Crippen LogP contribution in [-0.4, -0.2) is 40.7 Å². The standard InChI is InChI=1S/C18H24N4O.ClH/c1-2-4-15(5-3-1)18-20-17(23-21-18)13-22-10-8-16(9-11-22)19-12-14-6-7-14;/h1-5,14,16,19H,6-13H2;1H. The van der Waals surface area contributed by atoms with Gasteiger partial charge in [-0.2, -0.15) is 4.98 Å². The summed E-state index contributed by atoms with van der Waals surface area (Å²) in [5.41, 5.74) is 1.01. The minimum atomic E-state index is 0. The van der Waals surface area contributed by atoms with Crippen LogP contribution >= 0.6 is 12.4 Å². The van der Waals surface area contributed by atoms with Crippen molar-refractivity contribution in [2.24, 2.45) is 5.92 Å². The van der Waals surface area contributed by atoms with Crippen LogP contribution in [0.3, 0.4) is 0 Å². The predicted molar refractivity (Wildman–Crippen MR) is 96.0 cm³/mol. The molecule has 2 aromatic rings. The molecule has 0 radical (unpaired) electrons. The monoisotopic (exact) mass is 348 g/mol. The van der Waals surface area contributed by atoms with Gasteiger partial charge in [0.25, 0.3) is 0 Å². The first-order chi connectivity index (χ1) is 11.4. The Morgan fingerprint density at radius 1 is 1.08 bits per heavy atom. The van der Waals surface area contributed by atoms with Gasteiger partial charge < -0.3 is 9.84 Å². The number of nitrogens with zero attached hydrogens (tertiary/aromatic N) is 3. The van der Waals surface area contributed by atoms with Gasteiger partial charge in [0.1, 0.15) is 0 Å². The van der Waals surface area contributed by atoms with Gasteiger partial charge in [0, 0.05) is 24.7 Å². The molecule has 2 heterocycles. The van der Waals surface area contributed by atoms with Gasteiger partial charge in [-0.05, 0) is 38.1 Å². The van der Waals surface area contributed by atoms with Gasteiger partial charge in [-0.3, -0.25) is 4.90 Å². The molecule has 1 saturated carbocycles. The summed E-state index contributed by atoms with van der Waals surface area (Å²) in [7, 11) is 0. The van der Waals surface area contributed by atoms with Gasteiger partial charge in [0.15, 0.2) is 0 Å². The third-order valence-corrected chi connectivity index (χ3v) is 4.84. The van der Waals surface area contributed by atoms with Crippen LogP contribution in [0.4, 0.5) is 0 Å². The van der Waals surface area contributed by atoms with Crippen molar-refractivity contribution in [3.05, 3.63) is 36.2 Å². The molecule has 1 aromatic heterocycles. The van der Waals surface area contributed by atoms with E-state index in [0.717, 1.165) is 31.1 Å². The van der Waals surface area contributed by atoms with Crippen molar-refractivity contribution >= 4 is 12.4 Å². The van der Waals surface area contributed by atoms with E-state index < -0.39 is 0 Å². The fourth-order valence-corrected chi connectivity index (χ4v) is 3.17. The van der Waals surface area contributed by atoms with Gasteiger partial charge in [0.2, 0.25) is 11.7 Å². The Balaban J connectivity index is 0.00000169. The van der Waals surface area contributed by atoms with Crippen molar-refractivity contribution < 1.29 is 4.52 Å². The first kappa shape index (κ1) is 17.4. The van der Waals surface area contributed by atoms with Crippen LogP contribution in [0.15, 0.2) is 34.9 Å². The quantitative estimate of drug-likeness (QED) is 0.869. The molecular weight excluding hydrogens is 324 g/mol. The topological polar surface area (TPSA) is 54.2 Å². The molecule has 5 nitrogen and oxygen atoms in total. The average molecular weight is 349 g/mol. The van der Waals surface area contributed by atoms with E-state index in [1.165, 1.54) is 32.2 Å². The van der Waals surface area contributed by atoms with E-state index >= 15 is 0 Å². The Kier molecular flexibility index (Phi) is 5.87. The summed E-state index contributed by atoms with van der Waals surface area (Å²) in [6.45, 7) is 4.18. The van der Waals surface area contributed by atoms with Crippen LogP contribution in [0, 0.1) is 5.92 Å². The van der Waals surface area contributed by atoms with Crippen LogP contribution in [0.25, 0.3) is 11.4 Å². The number of halogens is 1. The Bertz CT molecular complexity index is 621. The number of aromatic nitrogens is 2. The second kappa shape index (κ2) is 8.10. The van der Waals surface area contributed by atoms with Crippen LogP contribution in [0.1, 0.15) is 31.6 Å². The van der Waals surface area contributed by atoms with Gasteiger partial charge in [-0.25, -0.2) is 0 Å². The van der Waals surface area contributed by atoms with E-state index in [9.17, 15) is 0 Å². The van der Waals surface area contributed by atoms with E-state index in [1.807, 2.05) is 30.3 Å². The fraction of sp³-hybridized carbons (Fsp3) is 0.556. The van der Waals surface area contributed by atoms with Crippen molar-refractivity contribution in [2.75, 3.05) is 19.6 Å². The summed E-state index contributed by atoms with van der Waals surface area (Å²) in [4.78, 5) is 6.94. The van der Waals surface area contributed by atoms with Crippen LogP contribution in [-0.2, 0) is 6.54 Å². The number of nitrogens with one attached hydrogen (secondary N) is 1. The van der Waals surface area contributed by atoms with E-state index in [2.05, 4.69) is 20.4 Å². The zero-order valence-electron chi connectivity index (χ0n) is 13.9. The van der Waals surface area contributed by atoms with Crippen molar-refractivity contribution in [1.29, 1.82) is 0 Å². The summed E-state index contributed by atoms with van der Waals surface area (Å²) >= 11 is 0. The molecule has 1 N–H and O–H groups in total. The number of likely N-dealkylation sites (tertiary alicyclic amines) is 1. The molecule has 4 rings (SSSR count). The molecule has 1 saturated heterocycles. The lowest BCUT2D eigenvalue weighted by atomic mass is 10.0. The highest BCUT2D eigenvalue weighted by Gasteiger charge is 2.25. The first-order valence-electron chi connectivity index (χ1n) is 8.70. The molecule has 6 heteroatoms. The molecule has 0 atom stereocenters. The van der Waals surface area contributed by atoms with Crippen molar-refractivity contribution in [3.8, 4) is 11.4 Å². The summed E-state index contributed by atoms with van der Waals surface area (Å²) in [6.07, 6.45) is 5.28.